The Hall–Kier alpha value is -0.970. The van der Waals surface area contributed by atoms with Gasteiger partial charge in [0.25, 0.3) is 0 Å². The quantitative estimate of drug-likeness (QED) is 0.385. The van der Waals surface area contributed by atoms with E-state index in [1.165, 1.54) is 18.5 Å². The molecule has 1 aromatic carbocycles. The maximum absolute atomic E-state index is 12.5. The Bertz CT molecular complexity index is 464. The summed E-state index contributed by atoms with van der Waals surface area (Å²) in [4.78, 5) is 4.60. The summed E-state index contributed by atoms with van der Waals surface area (Å²) in [6.45, 7) is 1.04. The average molecular weight is 317 g/mol. The third-order valence-corrected chi connectivity index (χ3v) is 6.10. The molecule has 5 nitrogen and oxygen atoms in total. The zero-order valence-electron chi connectivity index (χ0n) is 11.9. The van der Waals surface area contributed by atoms with Gasteiger partial charge < -0.3 is 9.36 Å². The lowest BCUT2D eigenvalue weighted by molar-refractivity contribution is 0.215. The van der Waals surface area contributed by atoms with Gasteiger partial charge in [0.1, 0.15) is 12.9 Å². The lowest BCUT2D eigenvalue weighted by Gasteiger charge is -2.17. The minimum Gasteiger partial charge on any atom is -0.417 e. The Morgan fingerprint density at radius 1 is 1.30 bits per heavy atom. The molecule has 0 bridgehead atoms. The molecule has 1 unspecified atom stereocenters. The standard InChI is InChI=1S/C13H20NO4PS/c1-4-10-20-19(15,17-5-2)18-13-8-6-12(7-9-13)11-14-16-3/h6-9,11H,4-5,10H2,1-3H3. The van der Waals surface area contributed by atoms with Gasteiger partial charge in [0, 0.05) is 5.75 Å². The SMILES string of the molecule is CCCSP(=O)(OCC)Oc1ccc(C=NOC)cc1. The van der Waals surface area contributed by atoms with E-state index in [2.05, 4.69) is 9.99 Å². The van der Waals surface area contributed by atoms with Crippen LogP contribution in [-0.2, 0) is 13.9 Å². The molecule has 0 aliphatic heterocycles. The van der Waals surface area contributed by atoms with Gasteiger partial charge in [-0.15, -0.1) is 0 Å². The van der Waals surface area contributed by atoms with E-state index in [1.54, 1.807) is 37.4 Å². The summed E-state index contributed by atoms with van der Waals surface area (Å²) in [5.41, 5.74) is 0.867. The van der Waals surface area contributed by atoms with E-state index in [0.717, 1.165) is 17.7 Å². The molecule has 0 aromatic heterocycles. The zero-order chi connectivity index (χ0) is 14.8. The van der Waals surface area contributed by atoms with Gasteiger partial charge in [-0.3, -0.25) is 4.52 Å². The molecule has 7 heteroatoms. The van der Waals surface area contributed by atoms with Crippen molar-refractivity contribution in [2.24, 2.45) is 5.16 Å². The molecule has 0 saturated heterocycles. The first kappa shape index (κ1) is 17.1. The Labute approximate surface area is 124 Å². The molecule has 0 saturated carbocycles. The maximum atomic E-state index is 12.5. The Kier molecular flexibility index (Phi) is 7.73. The fraction of sp³-hybridized carbons (Fsp3) is 0.462. The Balaban J connectivity index is 2.73. The van der Waals surface area contributed by atoms with Crippen LogP contribution in [-0.4, -0.2) is 25.7 Å². The van der Waals surface area contributed by atoms with Gasteiger partial charge in [-0.25, -0.2) is 4.57 Å². The Morgan fingerprint density at radius 2 is 2.00 bits per heavy atom. The fourth-order valence-electron chi connectivity index (χ4n) is 1.31. The van der Waals surface area contributed by atoms with Crippen LogP contribution in [0.3, 0.4) is 0 Å². The highest BCUT2D eigenvalue weighted by molar-refractivity contribution is 8.55. The minimum atomic E-state index is -3.14. The van der Waals surface area contributed by atoms with E-state index in [1.807, 2.05) is 6.92 Å². The second kappa shape index (κ2) is 9.06. The molecule has 0 radical (unpaired) electrons. The molecule has 1 aromatic rings. The number of benzene rings is 1. The summed E-state index contributed by atoms with van der Waals surface area (Å²) < 4.78 is 23.3. The van der Waals surface area contributed by atoms with E-state index < -0.39 is 6.80 Å². The molecule has 0 spiro atoms. The lowest BCUT2D eigenvalue weighted by atomic mass is 10.2. The van der Waals surface area contributed by atoms with Crippen molar-refractivity contribution >= 4 is 24.4 Å². The number of hydrogen-bond donors (Lipinski definition) is 0. The van der Waals surface area contributed by atoms with Gasteiger partial charge >= 0.3 is 6.80 Å². The fourth-order valence-corrected chi connectivity index (χ4v) is 4.77. The van der Waals surface area contributed by atoms with Crippen LogP contribution < -0.4 is 4.52 Å². The van der Waals surface area contributed by atoms with Crippen molar-refractivity contribution in [3.05, 3.63) is 29.8 Å². The third kappa shape index (κ3) is 5.99. The first-order valence-electron chi connectivity index (χ1n) is 6.39. The average Bonchev–Trinajstić information content (AvgIpc) is 2.45. The first-order valence-corrected chi connectivity index (χ1v) is 9.52. The van der Waals surface area contributed by atoms with E-state index in [-0.39, 0.29) is 0 Å². The van der Waals surface area contributed by atoms with E-state index in [0.29, 0.717) is 12.4 Å². The van der Waals surface area contributed by atoms with Crippen LogP contribution >= 0.6 is 18.2 Å². The molecule has 0 heterocycles. The van der Waals surface area contributed by atoms with Crippen molar-refractivity contribution in [3.8, 4) is 5.75 Å². The molecule has 0 amide bonds. The molecule has 1 rings (SSSR count). The monoisotopic (exact) mass is 317 g/mol. The molecule has 0 fully saturated rings. The third-order valence-electron chi connectivity index (χ3n) is 2.15. The van der Waals surface area contributed by atoms with Gasteiger partial charge in [-0.1, -0.05) is 12.1 Å². The van der Waals surface area contributed by atoms with Crippen molar-refractivity contribution in [3.63, 3.8) is 0 Å². The predicted molar refractivity (Wildman–Crippen MR) is 83.7 cm³/mol. The maximum Gasteiger partial charge on any atom is 0.440 e. The normalized spacial score (nSPS) is 14.2. The van der Waals surface area contributed by atoms with Crippen molar-refractivity contribution in [2.45, 2.75) is 20.3 Å². The van der Waals surface area contributed by atoms with E-state index >= 15 is 0 Å². The van der Waals surface area contributed by atoms with Crippen molar-refractivity contribution in [1.82, 2.24) is 0 Å². The highest BCUT2D eigenvalue weighted by Gasteiger charge is 2.26. The van der Waals surface area contributed by atoms with Crippen LogP contribution in [0.2, 0.25) is 0 Å². The molecular formula is C13H20NO4PS. The summed E-state index contributed by atoms with van der Waals surface area (Å²) in [5.74, 6) is 1.25. The second-order valence-electron chi connectivity index (χ2n) is 3.78. The molecule has 20 heavy (non-hydrogen) atoms. The van der Waals surface area contributed by atoms with Crippen LogP contribution in [0.4, 0.5) is 0 Å². The summed E-state index contributed by atoms with van der Waals surface area (Å²) in [5, 5.41) is 3.67. The van der Waals surface area contributed by atoms with Gasteiger partial charge in [0.05, 0.1) is 12.8 Å². The molecule has 112 valence electrons. The van der Waals surface area contributed by atoms with Crippen molar-refractivity contribution < 1.29 is 18.5 Å². The lowest BCUT2D eigenvalue weighted by Crippen LogP contribution is -1.96. The van der Waals surface area contributed by atoms with Gasteiger partial charge in [-0.2, -0.15) is 0 Å². The first-order chi connectivity index (χ1) is 9.63. The molecule has 0 aliphatic carbocycles. The summed E-state index contributed by atoms with van der Waals surface area (Å²) in [6, 6.07) is 7.07. The van der Waals surface area contributed by atoms with E-state index in [4.69, 9.17) is 9.05 Å². The minimum absolute atomic E-state index is 0.354. The van der Waals surface area contributed by atoms with Crippen molar-refractivity contribution in [2.75, 3.05) is 19.5 Å². The molecule has 0 aliphatic rings. The van der Waals surface area contributed by atoms with E-state index in [9.17, 15) is 4.57 Å². The summed E-state index contributed by atoms with van der Waals surface area (Å²) in [7, 11) is 1.48. The summed E-state index contributed by atoms with van der Waals surface area (Å²) in [6.07, 6.45) is 2.50. The van der Waals surface area contributed by atoms with Gasteiger partial charge in [0.2, 0.25) is 0 Å². The van der Waals surface area contributed by atoms with Crippen LogP contribution in [0.5, 0.6) is 5.75 Å². The smallest absolute Gasteiger partial charge is 0.417 e. The largest absolute Gasteiger partial charge is 0.440 e. The van der Waals surface area contributed by atoms with Crippen LogP contribution in [0, 0.1) is 0 Å². The van der Waals surface area contributed by atoms with Crippen LogP contribution in [0.15, 0.2) is 29.4 Å². The highest BCUT2D eigenvalue weighted by Crippen LogP contribution is 2.60. The second-order valence-corrected chi connectivity index (χ2v) is 7.89. The van der Waals surface area contributed by atoms with Gasteiger partial charge in [0.15, 0.2) is 0 Å². The van der Waals surface area contributed by atoms with Gasteiger partial charge in [-0.05, 0) is 54.6 Å². The highest BCUT2D eigenvalue weighted by atomic mass is 32.7. The van der Waals surface area contributed by atoms with Crippen LogP contribution in [0.25, 0.3) is 0 Å². The molecule has 0 N–H and O–H groups in total. The predicted octanol–water partition coefficient (Wildman–Crippen LogP) is 4.33. The number of rotatable bonds is 9. The number of nitrogens with zero attached hydrogens (tertiary/aromatic N) is 1. The van der Waals surface area contributed by atoms with Crippen LogP contribution in [0.1, 0.15) is 25.8 Å². The number of oxime groups is 1. The Morgan fingerprint density at radius 3 is 2.55 bits per heavy atom. The van der Waals surface area contributed by atoms with Crippen molar-refractivity contribution in [1.29, 1.82) is 0 Å². The summed E-state index contributed by atoms with van der Waals surface area (Å²) >= 11 is 1.23. The molecular weight excluding hydrogens is 297 g/mol. The number of hydrogen-bond acceptors (Lipinski definition) is 6. The topological polar surface area (TPSA) is 57.1 Å². The molecule has 1 atom stereocenters. The zero-order valence-corrected chi connectivity index (χ0v) is 13.7.